The van der Waals surface area contributed by atoms with Crippen molar-refractivity contribution in [1.29, 1.82) is 0 Å². The number of aldehydes is 1. The van der Waals surface area contributed by atoms with Gasteiger partial charge in [0.25, 0.3) is 0 Å². The Labute approximate surface area is 176 Å². The molecule has 0 bridgehead atoms. The molecule has 0 fully saturated rings. The zero-order valence-corrected chi connectivity index (χ0v) is 17.8. The number of nitrogens with zero attached hydrogens (tertiary/aromatic N) is 2. The van der Waals surface area contributed by atoms with Crippen molar-refractivity contribution in [2.45, 2.75) is 43.4 Å². The highest BCUT2D eigenvalue weighted by Gasteiger charge is 2.25. The molecule has 0 aliphatic heterocycles. The van der Waals surface area contributed by atoms with Crippen LogP contribution in [0.4, 0.5) is 5.69 Å². The van der Waals surface area contributed by atoms with E-state index in [1.54, 1.807) is 24.6 Å². The number of benzene rings is 1. The quantitative estimate of drug-likeness (QED) is 0.270. The normalized spacial score (nSPS) is 17.0. The average Bonchev–Trinajstić information content (AvgIpc) is 3.07. The van der Waals surface area contributed by atoms with Crippen molar-refractivity contribution in [1.82, 2.24) is 9.97 Å². The van der Waals surface area contributed by atoms with Gasteiger partial charge in [0.2, 0.25) is 5.91 Å². The van der Waals surface area contributed by atoms with Crippen LogP contribution in [0.1, 0.15) is 41.1 Å². The van der Waals surface area contributed by atoms with E-state index in [9.17, 15) is 14.7 Å². The molecule has 1 amide bonds. The van der Waals surface area contributed by atoms with Crippen LogP contribution in [-0.4, -0.2) is 32.5 Å². The Bertz CT molecular complexity index is 1100. The highest BCUT2D eigenvalue weighted by atomic mass is 32.2. The molecule has 1 aromatic carbocycles. The van der Waals surface area contributed by atoms with Gasteiger partial charge in [0.1, 0.15) is 28.2 Å². The molecule has 2 unspecified atom stereocenters. The number of thioether (sulfide) groups is 1. The molecule has 1 aliphatic carbocycles. The molecule has 6 nitrogen and oxygen atoms in total. The number of nitrogens with one attached hydrogen (secondary N) is 1. The van der Waals surface area contributed by atoms with Crippen molar-refractivity contribution in [3.8, 4) is 5.75 Å². The van der Waals surface area contributed by atoms with Crippen LogP contribution >= 0.6 is 23.1 Å². The molecule has 0 saturated carbocycles. The van der Waals surface area contributed by atoms with Gasteiger partial charge in [-0.25, -0.2) is 9.97 Å². The van der Waals surface area contributed by atoms with Crippen LogP contribution in [0.25, 0.3) is 10.2 Å². The van der Waals surface area contributed by atoms with E-state index in [1.165, 1.54) is 40.4 Å². The molecule has 2 heterocycles. The van der Waals surface area contributed by atoms with Crippen molar-refractivity contribution >= 4 is 51.2 Å². The number of aromatic hydroxyl groups is 1. The van der Waals surface area contributed by atoms with Crippen molar-refractivity contribution in [3.63, 3.8) is 0 Å². The number of carbonyl (C=O) groups is 2. The number of anilines is 1. The number of phenolic OH excluding ortho intramolecular Hbond substituents is 1. The number of amides is 1. The zero-order valence-electron chi connectivity index (χ0n) is 16.1. The van der Waals surface area contributed by atoms with Crippen LogP contribution in [0.15, 0.2) is 29.6 Å². The van der Waals surface area contributed by atoms with Crippen LogP contribution in [-0.2, 0) is 17.6 Å². The van der Waals surface area contributed by atoms with Crippen LogP contribution in [0.2, 0.25) is 0 Å². The fourth-order valence-corrected chi connectivity index (χ4v) is 5.88. The molecule has 150 valence electrons. The Morgan fingerprint density at radius 3 is 3.03 bits per heavy atom. The molecule has 8 heteroatoms. The molecular weight excluding hydrogens is 406 g/mol. The van der Waals surface area contributed by atoms with Gasteiger partial charge in [-0.2, -0.15) is 0 Å². The van der Waals surface area contributed by atoms with Crippen LogP contribution in [0.5, 0.6) is 5.75 Å². The number of aryl methyl sites for hydroxylation is 1. The minimum atomic E-state index is -0.439. The van der Waals surface area contributed by atoms with E-state index in [-0.39, 0.29) is 17.3 Å². The predicted octanol–water partition coefficient (Wildman–Crippen LogP) is 4.45. The summed E-state index contributed by atoms with van der Waals surface area (Å²) in [6.07, 6.45) is 5.47. The second-order valence-electron chi connectivity index (χ2n) is 7.35. The maximum atomic E-state index is 12.7. The minimum absolute atomic E-state index is 0.0772. The fraction of sp³-hybridized carbons (Fsp3) is 0.333. The van der Waals surface area contributed by atoms with Gasteiger partial charge in [-0.1, -0.05) is 18.7 Å². The van der Waals surface area contributed by atoms with Crippen LogP contribution < -0.4 is 5.32 Å². The monoisotopic (exact) mass is 427 g/mol. The maximum Gasteiger partial charge on any atom is 0.237 e. The van der Waals surface area contributed by atoms with E-state index in [0.717, 1.165) is 34.5 Å². The molecule has 3 aromatic rings. The van der Waals surface area contributed by atoms with Gasteiger partial charge in [-0.15, -0.1) is 11.3 Å². The molecule has 0 radical (unpaired) electrons. The third-order valence-electron chi connectivity index (χ3n) is 5.13. The third kappa shape index (κ3) is 4.00. The summed E-state index contributed by atoms with van der Waals surface area (Å²) in [6.45, 7) is 4.07. The van der Waals surface area contributed by atoms with Gasteiger partial charge in [-0.05, 0) is 55.9 Å². The Kier molecular flexibility index (Phi) is 5.56. The summed E-state index contributed by atoms with van der Waals surface area (Å²) in [5.74, 6) is 0.337. The first-order valence-corrected chi connectivity index (χ1v) is 11.2. The van der Waals surface area contributed by atoms with Gasteiger partial charge < -0.3 is 10.4 Å². The van der Waals surface area contributed by atoms with Crippen molar-refractivity contribution in [2.24, 2.45) is 5.92 Å². The Hall–Kier alpha value is -2.45. The highest BCUT2D eigenvalue weighted by Crippen LogP contribution is 2.41. The lowest BCUT2D eigenvalue weighted by molar-refractivity contribution is -0.115. The van der Waals surface area contributed by atoms with E-state index in [0.29, 0.717) is 17.8 Å². The summed E-state index contributed by atoms with van der Waals surface area (Å²) in [5, 5.41) is 14.1. The number of aromatic nitrogens is 2. The minimum Gasteiger partial charge on any atom is -0.506 e. The zero-order chi connectivity index (χ0) is 20.5. The lowest BCUT2D eigenvalue weighted by atomic mass is 9.89. The summed E-state index contributed by atoms with van der Waals surface area (Å²) in [7, 11) is 0. The van der Waals surface area contributed by atoms with Gasteiger partial charge in [-0.3, -0.25) is 9.59 Å². The lowest BCUT2D eigenvalue weighted by Gasteiger charge is -2.18. The number of fused-ring (bicyclic) bond motifs is 3. The van der Waals surface area contributed by atoms with Crippen molar-refractivity contribution in [2.75, 3.05) is 5.32 Å². The van der Waals surface area contributed by atoms with E-state index < -0.39 is 5.25 Å². The molecule has 0 saturated heterocycles. The smallest absolute Gasteiger partial charge is 0.237 e. The number of rotatable bonds is 5. The molecule has 2 N–H and O–H groups in total. The second-order valence-corrected chi connectivity index (χ2v) is 9.77. The van der Waals surface area contributed by atoms with Crippen LogP contribution in [0.3, 0.4) is 0 Å². The molecule has 0 spiro atoms. The molecule has 29 heavy (non-hydrogen) atoms. The number of thiophene rings is 1. The Balaban J connectivity index is 1.57. The highest BCUT2D eigenvalue weighted by molar-refractivity contribution is 8.00. The molecule has 2 aromatic heterocycles. The Morgan fingerprint density at radius 1 is 1.41 bits per heavy atom. The average molecular weight is 428 g/mol. The van der Waals surface area contributed by atoms with E-state index >= 15 is 0 Å². The lowest BCUT2D eigenvalue weighted by Crippen LogP contribution is -2.22. The first-order valence-electron chi connectivity index (χ1n) is 9.47. The number of hydrogen-bond donors (Lipinski definition) is 2. The van der Waals surface area contributed by atoms with Crippen molar-refractivity contribution in [3.05, 3.63) is 40.5 Å². The first kappa shape index (κ1) is 19.8. The second kappa shape index (κ2) is 8.12. The largest absolute Gasteiger partial charge is 0.506 e. The molecule has 2 atom stereocenters. The topological polar surface area (TPSA) is 92.2 Å². The number of phenols is 1. The maximum absolute atomic E-state index is 12.7. The Morgan fingerprint density at radius 2 is 2.24 bits per heavy atom. The van der Waals surface area contributed by atoms with Crippen LogP contribution in [0, 0.1) is 5.92 Å². The standard InChI is InChI=1S/C21H21N3O3S2/c1-11-3-5-14-17(7-11)29-21-18(14)20(22-10-23-21)28-12(2)19(27)24-15-8-13(9-25)4-6-16(15)26/h4,6,8-12,26H,3,5,7H2,1-2H3,(H,24,27). The van der Waals surface area contributed by atoms with E-state index in [1.807, 2.05) is 0 Å². The summed E-state index contributed by atoms with van der Waals surface area (Å²) < 4.78 is 0. The molecule has 4 rings (SSSR count). The van der Waals surface area contributed by atoms with Gasteiger partial charge in [0.05, 0.1) is 10.9 Å². The van der Waals surface area contributed by atoms with E-state index in [2.05, 4.69) is 22.2 Å². The molecule has 1 aliphatic rings. The van der Waals surface area contributed by atoms with Crippen molar-refractivity contribution < 1.29 is 14.7 Å². The van der Waals surface area contributed by atoms with E-state index in [4.69, 9.17) is 0 Å². The molecular formula is C21H21N3O3S2. The predicted molar refractivity (Wildman–Crippen MR) is 116 cm³/mol. The summed E-state index contributed by atoms with van der Waals surface area (Å²) >= 11 is 3.12. The van der Waals surface area contributed by atoms with Gasteiger partial charge in [0.15, 0.2) is 0 Å². The number of carbonyl (C=O) groups excluding carboxylic acids is 2. The summed E-state index contributed by atoms with van der Waals surface area (Å²) in [6, 6.07) is 4.34. The SMILES string of the molecule is CC1CCc2c(sc3ncnc(SC(C)C(=O)Nc4cc(C=O)ccc4O)c23)C1. The number of hydrogen-bond acceptors (Lipinski definition) is 7. The first-order chi connectivity index (χ1) is 14.0. The third-order valence-corrected chi connectivity index (χ3v) is 7.39. The van der Waals surface area contributed by atoms with Gasteiger partial charge >= 0.3 is 0 Å². The summed E-state index contributed by atoms with van der Waals surface area (Å²) in [4.78, 5) is 34.9. The fourth-order valence-electron chi connectivity index (χ4n) is 3.52. The van der Waals surface area contributed by atoms with Gasteiger partial charge in [0, 0.05) is 15.8 Å². The summed E-state index contributed by atoms with van der Waals surface area (Å²) in [5.41, 5.74) is 1.94.